The third kappa shape index (κ3) is 2.18. The molecule has 2 fully saturated rings. The normalized spacial score (nSPS) is 30.4. The Morgan fingerprint density at radius 3 is 3.00 bits per heavy atom. The van der Waals surface area contributed by atoms with E-state index in [9.17, 15) is 4.79 Å². The molecule has 2 heterocycles. The molecule has 19 heavy (non-hydrogen) atoms. The molecule has 1 saturated heterocycles. The summed E-state index contributed by atoms with van der Waals surface area (Å²) in [5.41, 5.74) is 7.03. The van der Waals surface area contributed by atoms with Gasteiger partial charge in [0.15, 0.2) is 0 Å². The number of fused-ring (bicyclic) bond motifs is 1. The fraction of sp³-hybridized carbons (Fsp3) is 0.667. The molecule has 0 spiro atoms. The molecule has 3 unspecified atom stereocenters. The van der Waals surface area contributed by atoms with Crippen LogP contribution in [0, 0.1) is 11.8 Å². The Balaban J connectivity index is 1.75. The van der Waals surface area contributed by atoms with Crippen molar-refractivity contribution in [1.29, 1.82) is 0 Å². The van der Waals surface area contributed by atoms with E-state index in [1.165, 1.54) is 12.8 Å². The van der Waals surface area contributed by atoms with Crippen LogP contribution in [0.4, 0.5) is 0 Å². The Kier molecular flexibility index (Phi) is 3.35. The van der Waals surface area contributed by atoms with Gasteiger partial charge in [0.2, 0.25) is 0 Å². The van der Waals surface area contributed by atoms with E-state index in [0.717, 1.165) is 31.7 Å². The van der Waals surface area contributed by atoms with Gasteiger partial charge in [-0.15, -0.1) is 0 Å². The van der Waals surface area contributed by atoms with Gasteiger partial charge in [0, 0.05) is 31.9 Å². The third-order valence-electron chi connectivity index (χ3n) is 4.83. The molecule has 2 N–H and O–H groups in total. The van der Waals surface area contributed by atoms with Gasteiger partial charge < -0.3 is 15.2 Å². The van der Waals surface area contributed by atoms with Crippen LogP contribution in [0.25, 0.3) is 0 Å². The van der Waals surface area contributed by atoms with Gasteiger partial charge in [-0.3, -0.25) is 4.79 Å². The lowest BCUT2D eigenvalue weighted by Crippen LogP contribution is -2.38. The Morgan fingerprint density at radius 1 is 1.42 bits per heavy atom. The Labute approximate surface area is 114 Å². The number of carbonyl (C=O) groups is 1. The van der Waals surface area contributed by atoms with Crippen LogP contribution in [0.1, 0.15) is 36.7 Å². The molecule has 4 heteroatoms. The highest BCUT2D eigenvalue weighted by Gasteiger charge is 2.40. The molecule has 1 saturated carbocycles. The maximum absolute atomic E-state index is 12.6. The molecule has 0 radical (unpaired) electrons. The van der Waals surface area contributed by atoms with E-state index in [0.29, 0.717) is 11.8 Å². The number of hydrogen-bond acceptors (Lipinski definition) is 2. The highest BCUT2D eigenvalue weighted by Crippen LogP contribution is 2.36. The zero-order valence-corrected chi connectivity index (χ0v) is 11.6. The number of nitrogens with two attached hydrogens (primary N) is 1. The predicted molar refractivity (Wildman–Crippen MR) is 74.8 cm³/mol. The smallest absolute Gasteiger partial charge is 0.270 e. The third-order valence-corrected chi connectivity index (χ3v) is 4.83. The minimum atomic E-state index is 0.174. The molecule has 1 aromatic heterocycles. The first-order valence-corrected chi connectivity index (χ1v) is 7.40. The fourth-order valence-electron chi connectivity index (χ4n) is 3.73. The minimum absolute atomic E-state index is 0.174. The number of aryl methyl sites for hydroxylation is 1. The molecule has 1 aliphatic heterocycles. The maximum Gasteiger partial charge on any atom is 0.270 e. The van der Waals surface area contributed by atoms with E-state index < -0.39 is 0 Å². The second kappa shape index (κ2) is 5.00. The number of aromatic nitrogens is 1. The average molecular weight is 261 g/mol. The van der Waals surface area contributed by atoms with Gasteiger partial charge in [-0.05, 0) is 43.7 Å². The summed E-state index contributed by atoms with van der Waals surface area (Å²) in [7, 11) is 0. The van der Waals surface area contributed by atoms with Crippen LogP contribution in [-0.2, 0) is 6.54 Å². The first-order valence-electron chi connectivity index (χ1n) is 7.40. The molecular formula is C15H23N3O. The molecule has 1 amide bonds. The molecule has 1 aliphatic carbocycles. The summed E-state index contributed by atoms with van der Waals surface area (Å²) in [4.78, 5) is 14.6. The van der Waals surface area contributed by atoms with Crippen molar-refractivity contribution in [3.05, 3.63) is 24.0 Å². The van der Waals surface area contributed by atoms with Crippen molar-refractivity contribution >= 4 is 5.91 Å². The Hall–Kier alpha value is -1.29. The van der Waals surface area contributed by atoms with Crippen molar-refractivity contribution in [2.75, 3.05) is 13.1 Å². The molecular weight excluding hydrogens is 238 g/mol. The summed E-state index contributed by atoms with van der Waals surface area (Å²) >= 11 is 0. The summed E-state index contributed by atoms with van der Waals surface area (Å²) < 4.78 is 2.02. The number of amides is 1. The van der Waals surface area contributed by atoms with Gasteiger partial charge in [0.25, 0.3) is 5.91 Å². The standard InChI is InChI=1S/C15H23N3O/c1-2-17-8-4-7-14(17)15(19)18-9-11-5-3-6-13(16)12(11)10-18/h4,7-8,11-13H,2-3,5-6,9-10,16H2,1H3. The van der Waals surface area contributed by atoms with Crippen LogP contribution >= 0.6 is 0 Å². The summed E-state index contributed by atoms with van der Waals surface area (Å²) in [5, 5.41) is 0. The number of likely N-dealkylation sites (tertiary alicyclic amines) is 1. The number of hydrogen-bond donors (Lipinski definition) is 1. The minimum Gasteiger partial charge on any atom is -0.344 e. The van der Waals surface area contributed by atoms with Gasteiger partial charge >= 0.3 is 0 Å². The SMILES string of the molecule is CCn1cccc1C(=O)N1CC2CCCC(N)C2C1. The van der Waals surface area contributed by atoms with E-state index in [2.05, 4.69) is 6.92 Å². The van der Waals surface area contributed by atoms with Crippen molar-refractivity contribution in [2.24, 2.45) is 17.6 Å². The van der Waals surface area contributed by atoms with Crippen LogP contribution in [0.15, 0.2) is 18.3 Å². The number of rotatable bonds is 2. The van der Waals surface area contributed by atoms with Crippen LogP contribution in [0.2, 0.25) is 0 Å². The molecule has 3 rings (SSSR count). The zero-order chi connectivity index (χ0) is 13.4. The summed E-state index contributed by atoms with van der Waals surface area (Å²) in [6, 6.07) is 4.16. The van der Waals surface area contributed by atoms with Gasteiger partial charge in [0.1, 0.15) is 5.69 Å². The predicted octanol–water partition coefficient (Wildman–Crippen LogP) is 1.71. The second-order valence-electron chi connectivity index (χ2n) is 5.91. The van der Waals surface area contributed by atoms with Gasteiger partial charge in [0.05, 0.1) is 0 Å². The summed E-state index contributed by atoms with van der Waals surface area (Å²) in [6.07, 6.45) is 5.54. The molecule has 0 bridgehead atoms. The van der Waals surface area contributed by atoms with Crippen molar-refractivity contribution in [3.63, 3.8) is 0 Å². The van der Waals surface area contributed by atoms with Crippen LogP contribution in [0.5, 0.6) is 0 Å². The first kappa shape index (κ1) is 12.7. The monoisotopic (exact) mass is 261 g/mol. The lowest BCUT2D eigenvalue weighted by molar-refractivity contribution is 0.0773. The quantitative estimate of drug-likeness (QED) is 0.881. The van der Waals surface area contributed by atoms with Crippen LogP contribution in [-0.4, -0.2) is 34.5 Å². The van der Waals surface area contributed by atoms with Crippen molar-refractivity contribution in [3.8, 4) is 0 Å². The van der Waals surface area contributed by atoms with Crippen LogP contribution < -0.4 is 5.73 Å². The zero-order valence-electron chi connectivity index (χ0n) is 11.6. The van der Waals surface area contributed by atoms with Crippen molar-refractivity contribution < 1.29 is 4.79 Å². The van der Waals surface area contributed by atoms with Crippen molar-refractivity contribution in [2.45, 2.75) is 38.8 Å². The van der Waals surface area contributed by atoms with Crippen LogP contribution in [0.3, 0.4) is 0 Å². The first-order chi connectivity index (χ1) is 9.20. The lowest BCUT2D eigenvalue weighted by Gasteiger charge is -2.29. The molecule has 1 aromatic rings. The Morgan fingerprint density at radius 2 is 2.26 bits per heavy atom. The van der Waals surface area contributed by atoms with E-state index >= 15 is 0 Å². The molecule has 3 atom stereocenters. The van der Waals surface area contributed by atoms with E-state index in [1.54, 1.807) is 0 Å². The highest BCUT2D eigenvalue weighted by molar-refractivity contribution is 5.93. The fourth-order valence-corrected chi connectivity index (χ4v) is 3.73. The second-order valence-corrected chi connectivity index (χ2v) is 5.91. The summed E-state index contributed by atoms with van der Waals surface area (Å²) in [5.74, 6) is 1.31. The number of nitrogens with zero attached hydrogens (tertiary/aromatic N) is 2. The topological polar surface area (TPSA) is 51.3 Å². The lowest BCUT2D eigenvalue weighted by atomic mass is 9.78. The van der Waals surface area contributed by atoms with Crippen molar-refractivity contribution in [1.82, 2.24) is 9.47 Å². The average Bonchev–Trinajstić information content (AvgIpc) is 3.04. The largest absolute Gasteiger partial charge is 0.344 e. The van der Waals surface area contributed by atoms with Gasteiger partial charge in [-0.2, -0.15) is 0 Å². The van der Waals surface area contributed by atoms with Gasteiger partial charge in [-0.1, -0.05) is 6.42 Å². The Bertz CT molecular complexity index is 468. The molecule has 4 nitrogen and oxygen atoms in total. The molecule has 104 valence electrons. The highest BCUT2D eigenvalue weighted by atomic mass is 16.2. The van der Waals surface area contributed by atoms with E-state index in [1.807, 2.05) is 27.8 Å². The molecule has 0 aromatic carbocycles. The maximum atomic E-state index is 12.6. The van der Waals surface area contributed by atoms with E-state index in [-0.39, 0.29) is 11.9 Å². The van der Waals surface area contributed by atoms with Gasteiger partial charge in [-0.25, -0.2) is 0 Å². The van der Waals surface area contributed by atoms with E-state index in [4.69, 9.17) is 5.73 Å². The number of carbonyl (C=O) groups excluding carboxylic acids is 1. The molecule has 2 aliphatic rings. The summed E-state index contributed by atoms with van der Waals surface area (Å²) in [6.45, 7) is 4.65.